The molecule has 0 bridgehead atoms. The van der Waals surface area contributed by atoms with Crippen molar-refractivity contribution in [1.29, 1.82) is 0 Å². The third-order valence-electron chi connectivity index (χ3n) is 1.47. The number of nitrogens with one attached hydrogen (secondary N) is 1. The second kappa shape index (κ2) is 6.80. The average Bonchev–Trinajstić information content (AvgIpc) is 2.11. The van der Waals surface area contributed by atoms with Gasteiger partial charge in [-0.1, -0.05) is 13.5 Å². The second-order valence-corrected chi connectivity index (χ2v) is 4.38. The van der Waals surface area contributed by atoms with Crippen LogP contribution >= 0.6 is 0 Å². The van der Waals surface area contributed by atoms with Crippen LogP contribution in [0.4, 0.5) is 0 Å². The number of aliphatic carboxylic acids is 1. The van der Waals surface area contributed by atoms with Gasteiger partial charge in [0.1, 0.15) is 0 Å². The summed E-state index contributed by atoms with van der Waals surface area (Å²) >= 11 is 0. The Bertz CT molecular complexity index is 215. The Balaban J connectivity index is 3.41. The van der Waals surface area contributed by atoms with Gasteiger partial charge in [-0.3, -0.25) is 4.21 Å². The molecule has 0 rings (SSSR count). The highest BCUT2D eigenvalue weighted by Crippen LogP contribution is 1.86. The van der Waals surface area contributed by atoms with Gasteiger partial charge < -0.3 is 10.4 Å². The van der Waals surface area contributed by atoms with E-state index in [1.165, 1.54) is 0 Å². The molecule has 0 aliphatic heterocycles. The molecule has 0 spiro atoms. The van der Waals surface area contributed by atoms with Crippen LogP contribution in [0.1, 0.15) is 6.92 Å². The van der Waals surface area contributed by atoms with Crippen molar-refractivity contribution in [2.24, 2.45) is 0 Å². The van der Waals surface area contributed by atoms with Crippen molar-refractivity contribution >= 4 is 16.8 Å². The third-order valence-corrected chi connectivity index (χ3v) is 2.77. The largest absolute Gasteiger partial charge is 0.478 e. The maximum Gasteiger partial charge on any atom is 0.332 e. The highest BCUT2D eigenvalue weighted by molar-refractivity contribution is 7.84. The standard InChI is InChI=1S/C8H15NO3S/c1-3-13(12)5-4-9-6-7(2)8(10)11/h9H,2-6H2,1H3,(H,10,11). The monoisotopic (exact) mass is 205 g/mol. The average molecular weight is 205 g/mol. The SMILES string of the molecule is C=C(CNCCS(=O)CC)C(=O)O. The number of carboxylic acids is 1. The molecule has 0 aliphatic carbocycles. The lowest BCUT2D eigenvalue weighted by molar-refractivity contribution is -0.132. The number of rotatable bonds is 7. The van der Waals surface area contributed by atoms with Crippen LogP contribution in [0, 0.1) is 0 Å². The fourth-order valence-corrected chi connectivity index (χ4v) is 1.31. The third kappa shape index (κ3) is 6.48. The van der Waals surface area contributed by atoms with E-state index in [-0.39, 0.29) is 12.1 Å². The minimum Gasteiger partial charge on any atom is -0.478 e. The molecule has 0 heterocycles. The van der Waals surface area contributed by atoms with Gasteiger partial charge in [-0.15, -0.1) is 0 Å². The topological polar surface area (TPSA) is 66.4 Å². The molecule has 0 saturated carbocycles. The molecule has 0 aromatic heterocycles. The molecular weight excluding hydrogens is 190 g/mol. The number of carboxylic acid groups (broad SMARTS) is 1. The van der Waals surface area contributed by atoms with E-state index in [2.05, 4.69) is 11.9 Å². The molecule has 5 heteroatoms. The van der Waals surface area contributed by atoms with Crippen LogP contribution in [-0.4, -0.2) is 39.9 Å². The molecule has 1 atom stereocenters. The van der Waals surface area contributed by atoms with Gasteiger partial charge in [0.2, 0.25) is 0 Å². The predicted molar refractivity (Wildman–Crippen MR) is 53.2 cm³/mol. The molecule has 2 N–H and O–H groups in total. The van der Waals surface area contributed by atoms with Crippen molar-refractivity contribution in [2.75, 3.05) is 24.6 Å². The van der Waals surface area contributed by atoms with E-state index < -0.39 is 16.8 Å². The van der Waals surface area contributed by atoms with Crippen molar-refractivity contribution in [1.82, 2.24) is 5.32 Å². The summed E-state index contributed by atoms with van der Waals surface area (Å²) in [6.45, 7) is 6.02. The van der Waals surface area contributed by atoms with E-state index in [4.69, 9.17) is 5.11 Å². The first-order chi connectivity index (χ1) is 6.07. The lowest BCUT2D eigenvalue weighted by Crippen LogP contribution is -2.25. The lowest BCUT2D eigenvalue weighted by atomic mass is 10.3. The molecule has 0 radical (unpaired) electrons. The molecule has 0 aromatic carbocycles. The Morgan fingerprint density at radius 2 is 2.23 bits per heavy atom. The molecule has 13 heavy (non-hydrogen) atoms. The number of carbonyl (C=O) groups is 1. The summed E-state index contributed by atoms with van der Waals surface area (Å²) in [6.07, 6.45) is 0. The summed E-state index contributed by atoms with van der Waals surface area (Å²) in [5.41, 5.74) is 0.127. The summed E-state index contributed by atoms with van der Waals surface area (Å²) in [4.78, 5) is 10.3. The Morgan fingerprint density at radius 1 is 1.62 bits per heavy atom. The molecule has 4 nitrogen and oxygen atoms in total. The van der Waals surface area contributed by atoms with Gasteiger partial charge in [0.15, 0.2) is 0 Å². The number of hydrogen-bond acceptors (Lipinski definition) is 3. The van der Waals surface area contributed by atoms with Crippen LogP contribution in [0.25, 0.3) is 0 Å². The second-order valence-electron chi connectivity index (χ2n) is 2.52. The van der Waals surface area contributed by atoms with Gasteiger partial charge in [-0.2, -0.15) is 0 Å². The van der Waals surface area contributed by atoms with Crippen LogP contribution in [-0.2, 0) is 15.6 Å². The fraction of sp³-hybridized carbons (Fsp3) is 0.625. The van der Waals surface area contributed by atoms with E-state index in [0.717, 1.165) is 0 Å². The summed E-state index contributed by atoms with van der Waals surface area (Å²) in [5, 5.41) is 11.3. The molecule has 0 aromatic rings. The number of hydrogen-bond donors (Lipinski definition) is 2. The van der Waals surface area contributed by atoms with Gasteiger partial charge in [-0.25, -0.2) is 4.79 Å². The highest BCUT2D eigenvalue weighted by Gasteiger charge is 2.02. The van der Waals surface area contributed by atoms with Crippen molar-refractivity contribution < 1.29 is 14.1 Å². The quantitative estimate of drug-likeness (QED) is 0.453. The minimum atomic E-state index is -0.996. The lowest BCUT2D eigenvalue weighted by Gasteiger charge is -2.03. The van der Waals surface area contributed by atoms with Crippen LogP contribution in [0.3, 0.4) is 0 Å². The summed E-state index contributed by atoms with van der Waals surface area (Å²) in [7, 11) is -0.792. The molecule has 1 unspecified atom stereocenters. The Labute approximate surface area is 80.5 Å². The van der Waals surface area contributed by atoms with Crippen molar-refractivity contribution in [3.8, 4) is 0 Å². The van der Waals surface area contributed by atoms with Crippen LogP contribution in [0.5, 0.6) is 0 Å². The summed E-state index contributed by atoms with van der Waals surface area (Å²) < 4.78 is 10.9. The van der Waals surface area contributed by atoms with Crippen molar-refractivity contribution in [3.05, 3.63) is 12.2 Å². The van der Waals surface area contributed by atoms with E-state index in [1.807, 2.05) is 6.92 Å². The van der Waals surface area contributed by atoms with E-state index >= 15 is 0 Å². The van der Waals surface area contributed by atoms with E-state index in [1.54, 1.807) is 0 Å². The van der Waals surface area contributed by atoms with Crippen LogP contribution in [0.2, 0.25) is 0 Å². The zero-order valence-corrected chi connectivity index (χ0v) is 8.52. The first-order valence-corrected chi connectivity index (χ1v) is 5.53. The maximum absolute atomic E-state index is 10.9. The van der Waals surface area contributed by atoms with Gasteiger partial charge in [0, 0.05) is 41.0 Å². The maximum atomic E-state index is 10.9. The van der Waals surface area contributed by atoms with Gasteiger partial charge in [-0.05, 0) is 0 Å². The van der Waals surface area contributed by atoms with Crippen molar-refractivity contribution in [3.63, 3.8) is 0 Å². The van der Waals surface area contributed by atoms with Gasteiger partial charge in [0.05, 0.1) is 0 Å². The normalized spacial score (nSPS) is 12.4. The predicted octanol–water partition coefficient (Wildman–Crippen LogP) is -0.0146. The minimum absolute atomic E-state index is 0.127. The summed E-state index contributed by atoms with van der Waals surface area (Å²) in [5.74, 6) is 0.203. The Kier molecular flexibility index (Phi) is 6.44. The van der Waals surface area contributed by atoms with Crippen LogP contribution in [0.15, 0.2) is 12.2 Å². The molecule has 0 amide bonds. The first kappa shape index (κ1) is 12.3. The molecule has 0 fully saturated rings. The van der Waals surface area contributed by atoms with Gasteiger partial charge >= 0.3 is 5.97 Å². The zero-order valence-electron chi connectivity index (χ0n) is 7.71. The fourth-order valence-electron chi connectivity index (χ4n) is 0.645. The van der Waals surface area contributed by atoms with E-state index in [9.17, 15) is 9.00 Å². The zero-order chi connectivity index (χ0) is 10.3. The first-order valence-electron chi connectivity index (χ1n) is 4.04. The Morgan fingerprint density at radius 3 is 2.69 bits per heavy atom. The summed E-state index contributed by atoms with van der Waals surface area (Å²) in [6, 6.07) is 0. The van der Waals surface area contributed by atoms with Gasteiger partial charge in [0.25, 0.3) is 0 Å². The Hall–Kier alpha value is -0.680. The smallest absolute Gasteiger partial charge is 0.332 e. The highest BCUT2D eigenvalue weighted by atomic mass is 32.2. The van der Waals surface area contributed by atoms with Crippen molar-refractivity contribution in [2.45, 2.75) is 6.92 Å². The van der Waals surface area contributed by atoms with Crippen LogP contribution < -0.4 is 5.32 Å². The molecule has 0 aliphatic rings. The van der Waals surface area contributed by atoms with E-state index in [0.29, 0.717) is 18.1 Å². The molecule has 0 saturated heterocycles. The molecule has 76 valence electrons. The molecular formula is C8H15NO3S.